The maximum atomic E-state index is 11.2. The second-order valence-corrected chi connectivity index (χ2v) is 6.19. The standard InChI is InChI=1S/C18H19N5O3/c1-11(2)9-26-16-4-3-13(5-14(16)12-6-20-10-21-7-12)23-8-15(18(24)25)17(19)22-23/h3-8,10-11H,9H2,1-2H3,(H2,19,22)(H,24,25). The zero-order valence-corrected chi connectivity index (χ0v) is 14.5. The number of aromatic nitrogens is 4. The van der Waals surface area contributed by atoms with E-state index in [1.807, 2.05) is 12.1 Å². The Balaban J connectivity index is 2.06. The molecule has 0 atom stereocenters. The topological polar surface area (TPSA) is 116 Å². The van der Waals surface area contributed by atoms with Gasteiger partial charge in [-0.3, -0.25) is 0 Å². The van der Waals surface area contributed by atoms with Crippen LogP contribution in [0.5, 0.6) is 5.75 Å². The molecule has 0 saturated carbocycles. The highest BCUT2D eigenvalue weighted by atomic mass is 16.5. The van der Waals surface area contributed by atoms with Gasteiger partial charge >= 0.3 is 5.97 Å². The number of hydrogen-bond donors (Lipinski definition) is 2. The molecule has 0 aliphatic heterocycles. The molecule has 8 heteroatoms. The molecular weight excluding hydrogens is 334 g/mol. The molecule has 8 nitrogen and oxygen atoms in total. The number of nitrogens with two attached hydrogens (primary N) is 1. The molecule has 0 aliphatic carbocycles. The summed E-state index contributed by atoms with van der Waals surface area (Å²) < 4.78 is 7.34. The lowest BCUT2D eigenvalue weighted by molar-refractivity contribution is 0.0698. The molecule has 2 aromatic heterocycles. The molecule has 3 aromatic rings. The molecule has 3 rings (SSSR count). The lowest BCUT2D eigenvalue weighted by atomic mass is 10.1. The highest BCUT2D eigenvalue weighted by Crippen LogP contribution is 2.32. The Labute approximate surface area is 150 Å². The normalized spacial score (nSPS) is 10.9. The molecule has 0 unspecified atom stereocenters. The Morgan fingerprint density at radius 3 is 2.65 bits per heavy atom. The van der Waals surface area contributed by atoms with Crippen LogP contribution in [0.3, 0.4) is 0 Å². The van der Waals surface area contributed by atoms with E-state index in [-0.39, 0.29) is 11.4 Å². The summed E-state index contributed by atoms with van der Waals surface area (Å²) in [4.78, 5) is 19.3. The first-order valence-electron chi connectivity index (χ1n) is 8.06. The number of anilines is 1. The minimum Gasteiger partial charge on any atom is -0.493 e. The maximum absolute atomic E-state index is 11.2. The van der Waals surface area contributed by atoms with Crippen molar-refractivity contribution >= 4 is 11.8 Å². The van der Waals surface area contributed by atoms with Gasteiger partial charge in [0.25, 0.3) is 0 Å². The van der Waals surface area contributed by atoms with Gasteiger partial charge in [0.05, 0.1) is 12.3 Å². The van der Waals surface area contributed by atoms with Crippen molar-refractivity contribution in [2.24, 2.45) is 5.92 Å². The van der Waals surface area contributed by atoms with Crippen LogP contribution in [0, 0.1) is 5.92 Å². The number of aromatic carboxylic acids is 1. The van der Waals surface area contributed by atoms with Crippen molar-refractivity contribution in [1.82, 2.24) is 19.7 Å². The third-order valence-corrected chi connectivity index (χ3v) is 3.64. The first kappa shape index (κ1) is 17.4. The summed E-state index contributed by atoms with van der Waals surface area (Å²) in [5.74, 6) is -0.0982. The Hall–Kier alpha value is -3.42. The highest BCUT2D eigenvalue weighted by molar-refractivity contribution is 5.92. The number of carbonyl (C=O) groups is 1. The van der Waals surface area contributed by atoms with Gasteiger partial charge in [0, 0.05) is 29.7 Å². The average Bonchev–Trinajstić information content (AvgIpc) is 3.02. The molecular formula is C18H19N5O3. The number of nitrogen functional groups attached to an aromatic ring is 1. The van der Waals surface area contributed by atoms with Gasteiger partial charge in [0.15, 0.2) is 5.82 Å². The molecule has 0 amide bonds. The number of rotatable bonds is 6. The smallest absolute Gasteiger partial charge is 0.341 e. The van der Waals surface area contributed by atoms with E-state index < -0.39 is 5.97 Å². The van der Waals surface area contributed by atoms with Crippen molar-refractivity contribution in [1.29, 1.82) is 0 Å². The number of carboxylic acid groups (broad SMARTS) is 1. The summed E-state index contributed by atoms with van der Waals surface area (Å²) >= 11 is 0. The third-order valence-electron chi connectivity index (χ3n) is 3.64. The van der Waals surface area contributed by atoms with Crippen molar-refractivity contribution in [2.75, 3.05) is 12.3 Å². The number of ether oxygens (including phenoxy) is 1. The molecule has 2 heterocycles. The first-order valence-corrected chi connectivity index (χ1v) is 8.06. The Kier molecular flexibility index (Phi) is 4.83. The van der Waals surface area contributed by atoms with E-state index in [2.05, 4.69) is 28.9 Å². The molecule has 0 spiro atoms. The summed E-state index contributed by atoms with van der Waals surface area (Å²) in [6.45, 7) is 4.71. The van der Waals surface area contributed by atoms with Crippen LogP contribution in [-0.4, -0.2) is 37.4 Å². The Bertz CT molecular complexity index is 922. The SMILES string of the molecule is CC(C)COc1ccc(-n2cc(C(=O)O)c(N)n2)cc1-c1cncnc1. The van der Waals surface area contributed by atoms with Crippen molar-refractivity contribution in [2.45, 2.75) is 13.8 Å². The van der Waals surface area contributed by atoms with Gasteiger partial charge in [-0.1, -0.05) is 13.8 Å². The monoisotopic (exact) mass is 353 g/mol. The average molecular weight is 353 g/mol. The summed E-state index contributed by atoms with van der Waals surface area (Å²) in [5, 5.41) is 13.2. The van der Waals surface area contributed by atoms with Gasteiger partial charge in [0.1, 0.15) is 17.6 Å². The first-order chi connectivity index (χ1) is 12.5. The maximum Gasteiger partial charge on any atom is 0.341 e. The van der Waals surface area contributed by atoms with Crippen LogP contribution in [0.25, 0.3) is 16.8 Å². The summed E-state index contributed by atoms with van der Waals surface area (Å²) in [7, 11) is 0. The molecule has 0 saturated heterocycles. The van der Waals surface area contributed by atoms with Crippen molar-refractivity contribution in [3.05, 3.63) is 48.7 Å². The van der Waals surface area contributed by atoms with E-state index >= 15 is 0 Å². The quantitative estimate of drug-likeness (QED) is 0.699. The molecule has 3 N–H and O–H groups in total. The van der Waals surface area contributed by atoms with Gasteiger partial charge < -0.3 is 15.6 Å². The fourth-order valence-corrected chi connectivity index (χ4v) is 2.39. The van der Waals surface area contributed by atoms with Crippen LogP contribution in [0.1, 0.15) is 24.2 Å². The molecule has 0 radical (unpaired) electrons. The highest BCUT2D eigenvalue weighted by Gasteiger charge is 2.15. The van der Waals surface area contributed by atoms with Gasteiger partial charge in [0.2, 0.25) is 0 Å². The van der Waals surface area contributed by atoms with E-state index in [1.54, 1.807) is 18.5 Å². The second-order valence-electron chi connectivity index (χ2n) is 6.19. The predicted octanol–water partition coefficient (Wildman–Crippen LogP) is 2.64. The molecule has 0 fully saturated rings. The van der Waals surface area contributed by atoms with Gasteiger partial charge in [-0.2, -0.15) is 0 Å². The lowest BCUT2D eigenvalue weighted by Gasteiger charge is -2.14. The molecule has 0 aliphatic rings. The van der Waals surface area contributed by atoms with Crippen LogP contribution in [0.2, 0.25) is 0 Å². The van der Waals surface area contributed by atoms with E-state index in [4.69, 9.17) is 15.6 Å². The third kappa shape index (κ3) is 3.64. The fraction of sp³-hybridized carbons (Fsp3) is 0.222. The predicted molar refractivity (Wildman–Crippen MR) is 96.3 cm³/mol. The fourth-order valence-electron chi connectivity index (χ4n) is 2.39. The summed E-state index contributed by atoms with van der Waals surface area (Å²) in [6, 6.07) is 5.45. The van der Waals surface area contributed by atoms with Crippen LogP contribution in [-0.2, 0) is 0 Å². The zero-order valence-electron chi connectivity index (χ0n) is 14.5. The van der Waals surface area contributed by atoms with Crippen LogP contribution < -0.4 is 10.5 Å². The summed E-state index contributed by atoms with van der Waals surface area (Å²) in [6.07, 6.45) is 6.21. The van der Waals surface area contributed by atoms with E-state index in [0.717, 1.165) is 11.1 Å². The van der Waals surface area contributed by atoms with Crippen molar-refractivity contribution in [3.8, 4) is 22.6 Å². The minimum atomic E-state index is -1.12. The van der Waals surface area contributed by atoms with Crippen LogP contribution in [0.15, 0.2) is 43.1 Å². The molecule has 26 heavy (non-hydrogen) atoms. The van der Waals surface area contributed by atoms with E-state index in [9.17, 15) is 4.79 Å². The largest absolute Gasteiger partial charge is 0.493 e. The Morgan fingerprint density at radius 2 is 2.04 bits per heavy atom. The number of hydrogen-bond acceptors (Lipinski definition) is 6. The van der Waals surface area contributed by atoms with Crippen molar-refractivity contribution < 1.29 is 14.6 Å². The number of benzene rings is 1. The number of carboxylic acids is 1. The van der Waals surface area contributed by atoms with E-state index in [0.29, 0.717) is 24.0 Å². The molecule has 0 bridgehead atoms. The Morgan fingerprint density at radius 1 is 1.31 bits per heavy atom. The summed E-state index contributed by atoms with van der Waals surface area (Å²) in [5.41, 5.74) is 7.86. The second kappa shape index (κ2) is 7.22. The molecule has 1 aromatic carbocycles. The molecule has 134 valence electrons. The van der Waals surface area contributed by atoms with E-state index in [1.165, 1.54) is 17.2 Å². The van der Waals surface area contributed by atoms with Crippen molar-refractivity contribution in [3.63, 3.8) is 0 Å². The van der Waals surface area contributed by atoms with Crippen LogP contribution in [0.4, 0.5) is 5.82 Å². The minimum absolute atomic E-state index is 0.0396. The van der Waals surface area contributed by atoms with Gasteiger partial charge in [-0.15, -0.1) is 5.10 Å². The zero-order chi connectivity index (χ0) is 18.7. The lowest BCUT2D eigenvalue weighted by Crippen LogP contribution is -2.06. The van der Waals surface area contributed by atoms with Gasteiger partial charge in [-0.05, 0) is 24.1 Å². The van der Waals surface area contributed by atoms with Gasteiger partial charge in [-0.25, -0.2) is 19.4 Å². The van der Waals surface area contributed by atoms with Crippen LogP contribution >= 0.6 is 0 Å². The number of nitrogens with zero attached hydrogens (tertiary/aromatic N) is 4.